The highest BCUT2D eigenvalue weighted by Gasteiger charge is 2.26. The van der Waals surface area contributed by atoms with Crippen LogP contribution in [0.1, 0.15) is 58.4 Å². The summed E-state index contributed by atoms with van der Waals surface area (Å²) >= 11 is 0. The molecule has 1 saturated heterocycles. The van der Waals surface area contributed by atoms with Crippen molar-refractivity contribution in [3.8, 4) is 0 Å². The van der Waals surface area contributed by atoms with Gasteiger partial charge in [0.2, 0.25) is 5.91 Å². The van der Waals surface area contributed by atoms with Gasteiger partial charge in [0.05, 0.1) is 0 Å². The van der Waals surface area contributed by atoms with Crippen LogP contribution in [0.25, 0.3) is 0 Å². The van der Waals surface area contributed by atoms with Gasteiger partial charge in [-0.1, -0.05) is 37.3 Å². The van der Waals surface area contributed by atoms with Crippen LogP contribution >= 0.6 is 24.0 Å². The Morgan fingerprint density at radius 2 is 1.96 bits per heavy atom. The molecule has 0 saturated carbocycles. The quantitative estimate of drug-likeness (QED) is 0.291. The number of hydrogen-bond acceptors (Lipinski definition) is 2. The smallest absolute Gasteiger partial charge is 0.222 e. The van der Waals surface area contributed by atoms with Crippen LogP contribution in [0.15, 0.2) is 35.3 Å². The SMILES string of the molecule is CCNC(=NCCC(CC)N1CCCC1=O)NC(C)CCc1ccccc1.I. The lowest BCUT2D eigenvalue weighted by Gasteiger charge is -2.26. The molecule has 2 unspecified atom stereocenters. The van der Waals surface area contributed by atoms with Gasteiger partial charge in [-0.2, -0.15) is 0 Å². The van der Waals surface area contributed by atoms with Gasteiger partial charge in [-0.25, -0.2) is 0 Å². The maximum atomic E-state index is 12.0. The Balaban J connectivity index is 0.00000392. The number of aliphatic imine (C=N–C) groups is 1. The number of benzene rings is 1. The highest BCUT2D eigenvalue weighted by Crippen LogP contribution is 2.18. The maximum absolute atomic E-state index is 12.0. The summed E-state index contributed by atoms with van der Waals surface area (Å²) in [6, 6.07) is 11.3. The normalized spacial score (nSPS) is 16.5. The van der Waals surface area contributed by atoms with E-state index in [1.807, 2.05) is 0 Å². The largest absolute Gasteiger partial charge is 0.357 e. The zero-order valence-electron chi connectivity index (χ0n) is 17.6. The van der Waals surface area contributed by atoms with Crippen LogP contribution in [0, 0.1) is 0 Å². The molecule has 0 aliphatic carbocycles. The lowest BCUT2D eigenvalue weighted by molar-refractivity contribution is -0.129. The maximum Gasteiger partial charge on any atom is 0.222 e. The number of aryl methyl sites for hydroxylation is 1. The predicted molar refractivity (Wildman–Crippen MR) is 128 cm³/mol. The van der Waals surface area contributed by atoms with Gasteiger partial charge in [-0.15, -0.1) is 24.0 Å². The predicted octanol–water partition coefficient (Wildman–Crippen LogP) is 3.97. The molecule has 1 aromatic rings. The molecule has 1 heterocycles. The van der Waals surface area contributed by atoms with Gasteiger partial charge in [0.25, 0.3) is 0 Å². The summed E-state index contributed by atoms with van der Waals surface area (Å²) < 4.78 is 0. The Bertz CT molecular complexity index is 593. The molecular formula is C22H37IN4O. The van der Waals surface area contributed by atoms with E-state index in [1.165, 1.54) is 5.56 Å². The van der Waals surface area contributed by atoms with Crippen LogP contribution in [0.3, 0.4) is 0 Å². The number of rotatable bonds is 10. The zero-order chi connectivity index (χ0) is 19.5. The van der Waals surface area contributed by atoms with Crippen molar-refractivity contribution in [3.05, 3.63) is 35.9 Å². The Hall–Kier alpha value is -1.31. The van der Waals surface area contributed by atoms with E-state index in [-0.39, 0.29) is 24.0 Å². The fraction of sp³-hybridized carbons (Fsp3) is 0.636. The van der Waals surface area contributed by atoms with E-state index in [9.17, 15) is 4.79 Å². The second-order valence-electron chi connectivity index (χ2n) is 7.37. The van der Waals surface area contributed by atoms with Crippen LogP contribution < -0.4 is 10.6 Å². The van der Waals surface area contributed by atoms with Crippen molar-refractivity contribution in [2.24, 2.45) is 4.99 Å². The van der Waals surface area contributed by atoms with Gasteiger partial charge >= 0.3 is 0 Å². The van der Waals surface area contributed by atoms with Crippen LogP contribution in [-0.4, -0.2) is 48.5 Å². The Kier molecular flexibility index (Phi) is 12.2. The van der Waals surface area contributed by atoms with Crippen molar-refractivity contribution in [2.75, 3.05) is 19.6 Å². The van der Waals surface area contributed by atoms with Gasteiger partial charge in [0, 0.05) is 38.1 Å². The minimum absolute atomic E-state index is 0. The van der Waals surface area contributed by atoms with E-state index >= 15 is 0 Å². The summed E-state index contributed by atoms with van der Waals surface area (Å²) in [6.45, 7) is 8.95. The zero-order valence-corrected chi connectivity index (χ0v) is 19.9. The molecule has 6 heteroatoms. The standard InChI is InChI=1S/C22H36N4O.HI/c1-4-20(26-17-9-12-21(26)27)15-16-24-22(23-5-2)25-18(3)13-14-19-10-7-6-8-11-19;/h6-8,10-11,18,20H,4-5,9,12-17H2,1-3H3,(H2,23,24,25);1H. The van der Waals surface area contributed by atoms with Crippen LogP contribution in [-0.2, 0) is 11.2 Å². The summed E-state index contributed by atoms with van der Waals surface area (Å²) in [7, 11) is 0. The molecule has 2 rings (SSSR count). The van der Waals surface area contributed by atoms with Crippen LogP contribution in [0.2, 0.25) is 0 Å². The van der Waals surface area contributed by atoms with Crippen LogP contribution in [0.4, 0.5) is 0 Å². The summed E-state index contributed by atoms with van der Waals surface area (Å²) in [5.41, 5.74) is 1.37. The molecule has 1 fully saturated rings. The lowest BCUT2D eigenvalue weighted by atomic mass is 10.1. The third-order valence-electron chi connectivity index (χ3n) is 5.19. The number of nitrogens with zero attached hydrogens (tertiary/aromatic N) is 2. The van der Waals surface area contributed by atoms with Crippen molar-refractivity contribution in [2.45, 2.75) is 71.4 Å². The molecule has 1 amide bonds. The topological polar surface area (TPSA) is 56.7 Å². The number of carbonyl (C=O) groups excluding carboxylic acids is 1. The van der Waals surface area contributed by atoms with Crippen molar-refractivity contribution in [3.63, 3.8) is 0 Å². The molecule has 0 bridgehead atoms. The number of nitrogens with one attached hydrogen (secondary N) is 2. The summed E-state index contributed by atoms with van der Waals surface area (Å²) in [4.78, 5) is 18.8. The average molecular weight is 500 g/mol. The molecule has 0 aromatic heterocycles. The second-order valence-corrected chi connectivity index (χ2v) is 7.37. The van der Waals surface area contributed by atoms with E-state index < -0.39 is 0 Å². The van der Waals surface area contributed by atoms with E-state index in [0.29, 0.717) is 24.4 Å². The van der Waals surface area contributed by atoms with Crippen molar-refractivity contribution < 1.29 is 4.79 Å². The first-order valence-corrected chi connectivity index (χ1v) is 10.5. The summed E-state index contributed by atoms with van der Waals surface area (Å²) in [5, 5.41) is 6.86. The Labute approximate surface area is 187 Å². The molecule has 5 nitrogen and oxygen atoms in total. The fourth-order valence-electron chi connectivity index (χ4n) is 3.61. The molecule has 1 aliphatic rings. The van der Waals surface area contributed by atoms with Gasteiger partial charge in [-0.05, 0) is 51.5 Å². The van der Waals surface area contributed by atoms with Crippen molar-refractivity contribution in [1.82, 2.24) is 15.5 Å². The highest BCUT2D eigenvalue weighted by molar-refractivity contribution is 14.0. The lowest BCUT2D eigenvalue weighted by Crippen LogP contribution is -2.42. The fourth-order valence-corrected chi connectivity index (χ4v) is 3.61. The van der Waals surface area contributed by atoms with E-state index in [1.54, 1.807) is 0 Å². The average Bonchev–Trinajstić information content (AvgIpc) is 3.10. The third-order valence-corrected chi connectivity index (χ3v) is 5.19. The Morgan fingerprint density at radius 1 is 1.21 bits per heavy atom. The monoisotopic (exact) mass is 500 g/mol. The molecular weight excluding hydrogens is 463 g/mol. The highest BCUT2D eigenvalue weighted by atomic mass is 127. The minimum atomic E-state index is 0. The molecule has 28 heavy (non-hydrogen) atoms. The Morgan fingerprint density at radius 3 is 2.57 bits per heavy atom. The van der Waals surface area contributed by atoms with Gasteiger partial charge in [0.1, 0.15) is 0 Å². The molecule has 1 aromatic carbocycles. The first-order valence-electron chi connectivity index (χ1n) is 10.5. The molecule has 0 radical (unpaired) electrons. The minimum Gasteiger partial charge on any atom is -0.357 e. The van der Waals surface area contributed by atoms with Crippen molar-refractivity contribution in [1.29, 1.82) is 0 Å². The molecule has 1 aliphatic heterocycles. The number of guanidine groups is 1. The molecule has 0 spiro atoms. The number of amides is 1. The van der Waals surface area contributed by atoms with Gasteiger partial charge in [0.15, 0.2) is 5.96 Å². The first kappa shape index (κ1) is 24.7. The van der Waals surface area contributed by atoms with Gasteiger partial charge < -0.3 is 15.5 Å². The van der Waals surface area contributed by atoms with Crippen molar-refractivity contribution >= 4 is 35.8 Å². The summed E-state index contributed by atoms with van der Waals surface area (Å²) in [6.07, 6.45) is 5.76. The number of halogens is 1. The second kappa shape index (κ2) is 13.8. The number of hydrogen-bond donors (Lipinski definition) is 2. The number of carbonyl (C=O) groups is 1. The third kappa shape index (κ3) is 8.37. The molecule has 2 N–H and O–H groups in total. The van der Waals surface area contributed by atoms with E-state index in [4.69, 9.17) is 4.99 Å². The first-order chi connectivity index (χ1) is 13.1. The van der Waals surface area contributed by atoms with E-state index in [0.717, 1.165) is 57.7 Å². The van der Waals surface area contributed by atoms with Crippen LogP contribution in [0.5, 0.6) is 0 Å². The van der Waals surface area contributed by atoms with E-state index in [2.05, 4.69) is 66.6 Å². The molecule has 158 valence electrons. The summed E-state index contributed by atoms with van der Waals surface area (Å²) in [5.74, 6) is 1.19. The van der Waals surface area contributed by atoms with Gasteiger partial charge in [-0.3, -0.25) is 9.79 Å². The molecule has 2 atom stereocenters. The number of likely N-dealkylation sites (tertiary alicyclic amines) is 1.